The van der Waals surface area contributed by atoms with Crippen molar-refractivity contribution in [2.45, 2.75) is 39.3 Å². The number of nitrogens with one attached hydrogen (secondary N) is 2. The second kappa shape index (κ2) is 8.39. The van der Waals surface area contributed by atoms with Crippen molar-refractivity contribution in [3.8, 4) is 0 Å². The standard InChI is InChI=1S/C21H27N3O3/c1-14-18(21(26)27-3)15(2)22-19(14)20(25)23-17-9-11-24(12-10-17)13-16-7-5-4-6-8-16/h4-8,17,22H,9-13H2,1-3H3,(H,23,25). The van der Waals surface area contributed by atoms with Crippen LogP contribution in [0.5, 0.6) is 0 Å². The van der Waals surface area contributed by atoms with Crippen LogP contribution < -0.4 is 5.32 Å². The van der Waals surface area contributed by atoms with Crippen molar-refractivity contribution in [1.82, 2.24) is 15.2 Å². The van der Waals surface area contributed by atoms with Crippen molar-refractivity contribution in [3.05, 3.63) is 58.4 Å². The number of H-pyrrole nitrogens is 1. The molecule has 3 rings (SSSR count). The molecule has 1 saturated heterocycles. The third-order valence-electron chi connectivity index (χ3n) is 5.23. The van der Waals surface area contributed by atoms with Crippen LogP contribution in [0.3, 0.4) is 0 Å². The Bertz CT molecular complexity index is 806. The number of benzene rings is 1. The molecule has 2 heterocycles. The van der Waals surface area contributed by atoms with Crippen LogP contribution >= 0.6 is 0 Å². The molecular formula is C21H27N3O3. The summed E-state index contributed by atoms with van der Waals surface area (Å²) in [4.78, 5) is 30.0. The van der Waals surface area contributed by atoms with Crippen LogP contribution in [0.1, 0.15) is 50.5 Å². The smallest absolute Gasteiger partial charge is 0.339 e. The van der Waals surface area contributed by atoms with Gasteiger partial charge in [0.1, 0.15) is 5.69 Å². The summed E-state index contributed by atoms with van der Waals surface area (Å²) in [5.74, 6) is -0.582. The molecule has 1 fully saturated rings. The first-order chi connectivity index (χ1) is 13.0. The van der Waals surface area contributed by atoms with E-state index in [4.69, 9.17) is 4.74 Å². The molecule has 0 saturated carbocycles. The van der Waals surface area contributed by atoms with Gasteiger partial charge >= 0.3 is 5.97 Å². The molecule has 1 aliphatic heterocycles. The highest BCUT2D eigenvalue weighted by Crippen LogP contribution is 2.20. The maximum atomic E-state index is 12.7. The van der Waals surface area contributed by atoms with E-state index in [-0.39, 0.29) is 11.9 Å². The minimum absolute atomic E-state index is 0.147. The number of nitrogens with zero attached hydrogens (tertiary/aromatic N) is 1. The van der Waals surface area contributed by atoms with E-state index in [1.54, 1.807) is 13.8 Å². The van der Waals surface area contributed by atoms with Crippen LogP contribution in [-0.4, -0.2) is 48.0 Å². The van der Waals surface area contributed by atoms with Gasteiger partial charge in [0.15, 0.2) is 0 Å². The average molecular weight is 369 g/mol. The first-order valence-electron chi connectivity index (χ1n) is 9.34. The Hall–Kier alpha value is -2.60. The molecule has 1 aliphatic rings. The van der Waals surface area contributed by atoms with Gasteiger partial charge in [0.25, 0.3) is 5.91 Å². The van der Waals surface area contributed by atoms with Gasteiger partial charge in [-0.2, -0.15) is 0 Å². The maximum Gasteiger partial charge on any atom is 0.339 e. The summed E-state index contributed by atoms with van der Waals surface area (Å²) in [5.41, 5.74) is 3.49. The van der Waals surface area contributed by atoms with Gasteiger partial charge in [0, 0.05) is 31.4 Å². The number of amides is 1. The largest absolute Gasteiger partial charge is 0.465 e. The Kier molecular flexibility index (Phi) is 5.96. The molecule has 27 heavy (non-hydrogen) atoms. The number of aromatic amines is 1. The number of piperidine rings is 1. The molecule has 6 heteroatoms. The molecule has 0 spiro atoms. The SMILES string of the molecule is COC(=O)c1c(C)[nH]c(C(=O)NC2CCN(Cc3ccccc3)CC2)c1C. The van der Waals surface area contributed by atoms with Gasteiger partial charge in [-0.15, -0.1) is 0 Å². The van der Waals surface area contributed by atoms with Crippen molar-refractivity contribution in [2.24, 2.45) is 0 Å². The third kappa shape index (κ3) is 4.39. The topological polar surface area (TPSA) is 74.4 Å². The van der Waals surface area contributed by atoms with Gasteiger partial charge in [0.05, 0.1) is 12.7 Å². The highest BCUT2D eigenvalue weighted by Gasteiger charge is 2.25. The summed E-state index contributed by atoms with van der Waals surface area (Å²) in [6, 6.07) is 10.6. The normalized spacial score (nSPS) is 15.5. The number of likely N-dealkylation sites (tertiary alicyclic amines) is 1. The van der Waals surface area contributed by atoms with Crippen LogP contribution in [0.4, 0.5) is 0 Å². The molecule has 0 unspecified atom stereocenters. The number of carbonyl (C=O) groups is 2. The fourth-order valence-electron chi connectivity index (χ4n) is 3.72. The van der Waals surface area contributed by atoms with Crippen molar-refractivity contribution in [2.75, 3.05) is 20.2 Å². The molecule has 1 aromatic carbocycles. The van der Waals surface area contributed by atoms with Gasteiger partial charge in [-0.1, -0.05) is 30.3 Å². The number of carbonyl (C=O) groups excluding carboxylic acids is 2. The molecule has 144 valence electrons. The van der Waals surface area contributed by atoms with E-state index in [9.17, 15) is 9.59 Å². The molecule has 1 aromatic heterocycles. The van der Waals surface area contributed by atoms with Crippen LogP contribution in [-0.2, 0) is 11.3 Å². The van der Waals surface area contributed by atoms with E-state index in [2.05, 4.69) is 39.5 Å². The predicted molar refractivity (Wildman–Crippen MR) is 104 cm³/mol. The molecule has 0 bridgehead atoms. The van der Waals surface area contributed by atoms with Crippen molar-refractivity contribution >= 4 is 11.9 Å². The molecular weight excluding hydrogens is 342 g/mol. The van der Waals surface area contributed by atoms with E-state index in [1.807, 2.05) is 6.07 Å². The Balaban J connectivity index is 1.56. The molecule has 0 radical (unpaired) electrons. The first-order valence-corrected chi connectivity index (χ1v) is 9.34. The number of hydrogen-bond donors (Lipinski definition) is 2. The van der Waals surface area contributed by atoms with Crippen molar-refractivity contribution in [1.29, 1.82) is 0 Å². The molecule has 6 nitrogen and oxygen atoms in total. The van der Waals surface area contributed by atoms with E-state index in [0.29, 0.717) is 22.5 Å². The van der Waals surface area contributed by atoms with Crippen molar-refractivity contribution < 1.29 is 14.3 Å². The summed E-state index contributed by atoms with van der Waals surface area (Å²) < 4.78 is 4.81. The number of methoxy groups -OCH3 is 1. The molecule has 0 aliphatic carbocycles. The number of aryl methyl sites for hydroxylation is 1. The monoisotopic (exact) mass is 369 g/mol. The van der Waals surface area contributed by atoms with Gasteiger partial charge in [-0.05, 0) is 37.8 Å². The second-order valence-corrected chi connectivity index (χ2v) is 7.13. The number of esters is 1. The Labute approximate surface area is 159 Å². The average Bonchev–Trinajstić information content (AvgIpc) is 2.98. The van der Waals surface area contributed by atoms with E-state index in [1.165, 1.54) is 12.7 Å². The molecule has 0 atom stereocenters. The Morgan fingerprint density at radius 3 is 2.48 bits per heavy atom. The molecule has 2 aromatic rings. The quantitative estimate of drug-likeness (QED) is 0.795. The highest BCUT2D eigenvalue weighted by atomic mass is 16.5. The lowest BCUT2D eigenvalue weighted by atomic mass is 10.0. The minimum Gasteiger partial charge on any atom is -0.465 e. The number of hydrogen-bond acceptors (Lipinski definition) is 4. The van der Waals surface area contributed by atoms with Gasteiger partial charge in [0.2, 0.25) is 0 Å². The van der Waals surface area contributed by atoms with Gasteiger partial charge in [-0.3, -0.25) is 9.69 Å². The van der Waals surface area contributed by atoms with E-state index < -0.39 is 5.97 Å². The summed E-state index contributed by atoms with van der Waals surface area (Å²) >= 11 is 0. The van der Waals surface area contributed by atoms with E-state index in [0.717, 1.165) is 32.5 Å². The number of ether oxygens (including phenoxy) is 1. The minimum atomic E-state index is -0.422. The van der Waals surface area contributed by atoms with Crippen LogP contribution in [0.25, 0.3) is 0 Å². The zero-order chi connectivity index (χ0) is 19.4. The first kappa shape index (κ1) is 19.2. The highest BCUT2D eigenvalue weighted by molar-refractivity contribution is 6.00. The van der Waals surface area contributed by atoms with Gasteiger partial charge in [-0.25, -0.2) is 4.79 Å². The summed E-state index contributed by atoms with van der Waals surface area (Å²) in [5, 5.41) is 3.11. The molecule has 1 amide bonds. The number of rotatable bonds is 5. The summed E-state index contributed by atoms with van der Waals surface area (Å²) in [7, 11) is 1.34. The number of aromatic nitrogens is 1. The Morgan fingerprint density at radius 1 is 1.19 bits per heavy atom. The van der Waals surface area contributed by atoms with Crippen LogP contribution in [0.15, 0.2) is 30.3 Å². The van der Waals surface area contributed by atoms with Crippen molar-refractivity contribution in [3.63, 3.8) is 0 Å². The van der Waals surface area contributed by atoms with E-state index >= 15 is 0 Å². The van der Waals surface area contributed by atoms with Gasteiger partial charge < -0.3 is 15.0 Å². The fourth-order valence-corrected chi connectivity index (χ4v) is 3.72. The second-order valence-electron chi connectivity index (χ2n) is 7.13. The predicted octanol–water partition coefficient (Wildman–Crippen LogP) is 2.81. The summed E-state index contributed by atoms with van der Waals surface area (Å²) in [6.07, 6.45) is 1.84. The third-order valence-corrected chi connectivity index (χ3v) is 5.23. The maximum absolute atomic E-state index is 12.7. The van der Waals surface area contributed by atoms with Crippen LogP contribution in [0, 0.1) is 13.8 Å². The Morgan fingerprint density at radius 2 is 1.85 bits per heavy atom. The summed E-state index contributed by atoms with van der Waals surface area (Å²) in [6.45, 7) is 6.40. The zero-order valence-electron chi connectivity index (χ0n) is 16.2. The molecule has 2 N–H and O–H groups in total. The van der Waals surface area contributed by atoms with Crippen LogP contribution in [0.2, 0.25) is 0 Å². The zero-order valence-corrected chi connectivity index (χ0v) is 16.2. The lowest BCUT2D eigenvalue weighted by Gasteiger charge is -2.32. The fraction of sp³-hybridized carbons (Fsp3) is 0.429. The lowest BCUT2D eigenvalue weighted by Crippen LogP contribution is -2.44. The lowest BCUT2D eigenvalue weighted by molar-refractivity contribution is 0.0599.